The van der Waals surface area contributed by atoms with E-state index in [4.69, 9.17) is 12.2 Å². The molecule has 3 nitrogen and oxygen atoms in total. The number of hydrogen-bond acceptors (Lipinski definition) is 2. The molecule has 2 unspecified atom stereocenters. The van der Waals surface area contributed by atoms with Gasteiger partial charge in [-0.3, -0.25) is 5.32 Å². The van der Waals surface area contributed by atoms with Crippen LogP contribution in [-0.2, 0) is 0 Å². The minimum atomic E-state index is 0.292. The van der Waals surface area contributed by atoms with Crippen LogP contribution < -0.4 is 10.6 Å². The molecule has 0 saturated carbocycles. The Morgan fingerprint density at radius 2 is 2.18 bits per heavy atom. The smallest absolute Gasteiger partial charge is 0.171 e. The Bertz CT molecular complexity index is 160. The van der Waals surface area contributed by atoms with E-state index in [0.717, 1.165) is 11.7 Å². The van der Waals surface area contributed by atoms with E-state index < -0.39 is 0 Å². The molecule has 0 aromatic heterocycles. The highest BCUT2D eigenvalue weighted by molar-refractivity contribution is 7.80. The molecular formula is C7H15N3S. The van der Waals surface area contributed by atoms with Crippen molar-refractivity contribution in [3.8, 4) is 0 Å². The predicted octanol–water partition coefficient (Wildman–Crippen LogP) is 0.478. The van der Waals surface area contributed by atoms with Crippen LogP contribution >= 0.6 is 12.2 Å². The van der Waals surface area contributed by atoms with Crippen LogP contribution in [0, 0.1) is 0 Å². The number of thiocarbonyl (C=S) groups is 1. The first-order valence-corrected chi connectivity index (χ1v) is 4.39. The Kier molecular flexibility index (Phi) is 2.67. The van der Waals surface area contributed by atoms with Crippen LogP contribution in [0.15, 0.2) is 0 Å². The van der Waals surface area contributed by atoms with E-state index in [1.54, 1.807) is 0 Å². The van der Waals surface area contributed by atoms with Gasteiger partial charge in [0.25, 0.3) is 0 Å². The first-order chi connectivity index (χ1) is 5.15. The topological polar surface area (TPSA) is 27.3 Å². The standard InChI is InChI=1S/C7H15N3S/c1-4-10-6(3)8-5(2)9-7(10)11/h5-6,8H,4H2,1-3H3,(H,9,11). The second-order valence-corrected chi connectivity index (χ2v) is 3.19. The third-order valence-corrected chi connectivity index (χ3v) is 2.25. The normalized spacial score (nSPS) is 31.9. The van der Waals surface area contributed by atoms with Crippen LogP contribution in [0.5, 0.6) is 0 Å². The van der Waals surface area contributed by atoms with E-state index in [9.17, 15) is 0 Å². The molecule has 4 heteroatoms. The molecule has 2 N–H and O–H groups in total. The van der Waals surface area contributed by atoms with Gasteiger partial charge in [-0.15, -0.1) is 0 Å². The fourth-order valence-electron chi connectivity index (χ4n) is 1.35. The maximum absolute atomic E-state index is 5.16. The van der Waals surface area contributed by atoms with Crippen molar-refractivity contribution in [3.63, 3.8) is 0 Å². The third-order valence-electron chi connectivity index (χ3n) is 1.90. The number of nitrogens with one attached hydrogen (secondary N) is 2. The van der Waals surface area contributed by atoms with Crippen molar-refractivity contribution in [1.82, 2.24) is 15.5 Å². The van der Waals surface area contributed by atoms with Crippen molar-refractivity contribution in [2.24, 2.45) is 0 Å². The lowest BCUT2D eigenvalue weighted by atomic mass is 10.3. The van der Waals surface area contributed by atoms with Gasteiger partial charge in [-0.25, -0.2) is 0 Å². The molecular weight excluding hydrogens is 158 g/mol. The summed E-state index contributed by atoms with van der Waals surface area (Å²) in [5.74, 6) is 0. The molecule has 11 heavy (non-hydrogen) atoms. The summed E-state index contributed by atoms with van der Waals surface area (Å²) < 4.78 is 0. The number of hydrogen-bond donors (Lipinski definition) is 2. The Labute approximate surface area is 73.1 Å². The lowest BCUT2D eigenvalue weighted by molar-refractivity contribution is 0.226. The molecule has 1 fully saturated rings. The summed E-state index contributed by atoms with van der Waals surface area (Å²) in [6, 6.07) is 0. The SMILES string of the molecule is CCN1C(=S)NC(C)NC1C. The Morgan fingerprint density at radius 3 is 2.64 bits per heavy atom. The van der Waals surface area contributed by atoms with Crippen molar-refractivity contribution in [2.45, 2.75) is 33.1 Å². The molecule has 0 aliphatic carbocycles. The Morgan fingerprint density at radius 1 is 1.55 bits per heavy atom. The fraction of sp³-hybridized carbons (Fsp3) is 0.857. The molecule has 1 rings (SSSR count). The minimum Gasteiger partial charge on any atom is -0.347 e. The summed E-state index contributed by atoms with van der Waals surface area (Å²) in [5, 5.41) is 7.35. The van der Waals surface area contributed by atoms with E-state index in [-0.39, 0.29) is 0 Å². The molecule has 64 valence electrons. The summed E-state index contributed by atoms with van der Waals surface area (Å²) >= 11 is 5.16. The summed E-state index contributed by atoms with van der Waals surface area (Å²) in [7, 11) is 0. The maximum Gasteiger partial charge on any atom is 0.171 e. The van der Waals surface area contributed by atoms with Crippen LogP contribution in [0.2, 0.25) is 0 Å². The minimum absolute atomic E-state index is 0.292. The van der Waals surface area contributed by atoms with Gasteiger partial charge in [-0.1, -0.05) is 0 Å². The molecule has 0 spiro atoms. The van der Waals surface area contributed by atoms with Crippen LogP contribution in [0.3, 0.4) is 0 Å². The molecule has 0 aromatic carbocycles. The zero-order valence-electron chi connectivity index (χ0n) is 7.22. The molecule has 0 amide bonds. The van der Waals surface area contributed by atoms with Crippen LogP contribution in [0.4, 0.5) is 0 Å². The predicted molar refractivity (Wildman–Crippen MR) is 50.2 cm³/mol. The molecule has 0 bridgehead atoms. The quantitative estimate of drug-likeness (QED) is 0.564. The summed E-state index contributed by atoms with van der Waals surface area (Å²) in [6.45, 7) is 7.23. The fourth-order valence-corrected chi connectivity index (χ4v) is 1.82. The van der Waals surface area contributed by atoms with E-state index >= 15 is 0 Å². The molecule has 0 radical (unpaired) electrons. The Balaban J connectivity index is 2.59. The average Bonchev–Trinajstić information content (AvgIpc) is 1.85. The summed E-state index contributed by atoms with van der Waals surface area (Å²) in [4.78, 5) is 2.12. The van der Waals surface area contributed by atoms with Crippen molar-refractivity contribution in [1.29, 1.82) is 0 Å². The molecule has 1 heterocycles. The van der Waals surface area contributed by atoms with Crippen molar-refractivity contribution < 1.29 is 0 Å². The van der Waals surface area contributed by atoms with Crippen molar-refractivity contribution in [3.05, 3.63) is 0 Å². The average molecular weight is 173 g/mol. The molecule has 1 aliphatic rings. The van der Waals surface area contributed by atoms with E-state index in [2.05, 4.69) is 36.3 Å². The number of rotatable bonds is 1. The summed E-state index contributed by atoms with van der Waals surface area (Å²) in [5.41, 5.74) is 0. The van der Waals surface area contributed by atoms with Crippen molar-refractivity contribution >= 4 is 17.3 Å². The van der Waals surface area contributed by atoms with Gasteiger partial charge in [0.15, 0.2) is 5.11 Å². The van der Waals surface area contributed by atoms with E-state index in [0.29, 0.717) is 12.3 Å². The molecule has 2 atom stereocenters. The third kappa shape index (κ3) is 1.81. The highest BCUT2D eigenvalue weighted by Gasteiger charge is 2.22. The zero-order chi connectivity index (χ0) is 8.43. The largest absolute Gasteiger partial charge is 0.347 e. The van der Waals surface area contributed by atoms with Gasteiger partial charge in [0.05, 0.1) is 12.3 Å². The van der Waals surface area contributed by atoms with E-state index in [1.165, 1.54) is 0 Å². The van der Waals surface area contributed by atoms with Gasteiger partial charge >= 0.3 is 0 Å². The zero-order valence-corrected chi connectivity index (χ0v) is 8.03. The van der Waals surface area contributed by atoms with Gasteiger partial charge in [0.2, 0.25) is 0 Å². The van der Waals surface area contributed by atoms with E-state index in [1.807, 2.05) is 0 Å². The molecule has 1 saturated heterocycles. The van der Waals surface area contributed by atoms with Crippen LogP contribution in [0.25, 0.3) is 0 Å². The second kappa shape index (κ2) is 3.36. The van der Waals surface area contributed by atoms with Gasteiger partial charge in [0.1, 0.15) is 0 Å². The molecule has 0 aromatic rings. The first-order valence-electron chi connectivity index (χ1n) is 3.98. The Hall–Kier alpha value is -0.350. The van der Waals surface area contributed by atoms with Gasteiger partial charge < -0.3 is 10.2 Å². The highest BCUT2D eigenvalue weighted by Crippen LogP contribution is 2.02. The first kappa shape index (κ1) is 8.74. The second-order valence-electron chi connectivity index (χ2n) is 2.80. The van der Waals surface area contributed by atoms with Crippen LogP contribution in [-0.4, -0.2) is 28.9 Å². The van der Waals surface area contributed by atoms with Gasteiger partial charge in [-0.2, -0.15) is 0 Å². The molecule has 1 aliphatic heterocycles. The summed E-state index contributed by atoms with van der Waals surface area (Å²) in [6.07, 6.45) is 0.643. The van der Waals surface area contributed by atoms with Crippen molar-refractivity contribution in [2.75, 3.05) is 6.54 Å². The monoisotopic (exact) mass is 173 g/mol. The highest BCUT2D eigenvalue weighted by atomic mass is 32.1. The maximum atomic E-state index is 5.16. The van der Waals surface area contributed by atoms with Gasteiger partial charge in [-0.05, 0) is 33.0 Å². The lowest BCUT2D eigenvalue weighted by Crippen LogP contribution is -2.63. The van der Waals surface area contributed by atoms with Gasteiger partial charge in [0, 0.05) is 6.54 Å². The number of nitrogens with zero attached hydrogens (tertiary/aromatic N) is 1. The lowest BCUT2D eigenvalue weighted by Gasteiger charge is -2.39. The van der Waals surface area contributed by atoms with Crippen LogP contribution in [0.1, 0.15) is 20.8 Å².